The molecule has 1 heterocycles. The smallest absolute Gasteiger partial charge is 0.108 e. The Balaban J connectivity index is 2.34. The molecule has 1 aromatic heterocycles. The number of hydrogen-bond acceptors (Lipinski definition) is 2. The number of aliphatic hydroxyl groups excluding tert-OH is 1. The van der Waals surface area contributed by atoms with Gasteiger partial charge in [0.2, 0.25) is 0 Å². The first-order valence-corrected chi connectivity index (χ1v) is 4.49. The molecule has 72 valence electrons. The van der Waals surface area contributed by atoms with Gasteiger partial charge in [0.05, 0.1) is 6.10 Å². The van der Waals surface area contributed by atoms with E-state index in [0.717, 1.165) is 18.7 Å². The predicted octanol–water partition coefficient (Wildman–Crippen LogP) is 1.29. The highest BCUT2D eigenvalue weighted by Crippen LogP contribution is 2.04. The molecule has 1 unspecified atom stereocenters. The zero-order valence-corrected chi connectivity index (χ0v) is 7.98. The highest BCUT2D eigenvalue weighted by molar-refractivity contribution is 4.91. The SMILES string of the molecule is C=CCC(O)CCc1nccn1C. The van der Waals surface area contributed by atoms with E-state index in [4.69, 9.17) is 0 Å². The molecule has 0 spiro atoms. The Morgan fingerprint density at radius 1 is 1.77 bits per heavy atom. The molecule has 0 amide bonds. The van der Waals surface area contributed by atoms with Crippen molar-refractivity contribution in [1.82, 2.24) is 9.55 Å². The fourth-order valence-electron chi connectivity index (χ4n) is 1.24. The number of imidazole rings is 1. The van der Waals surface area contributed by atoms with Crippen molar-refractivity contribution in [3.05, 3.63) is 30.9 Å². The number of aliphatic hydroxyl groups is 1. The Labute approximate surface area is 78.7 Å². The number of aryl methyl sites for hydroxylation is 2. The summed E-state index contributed by atoms with van der Waals surface area (Å²) in [5.74, 6) is 1.02. The van der Waals surface area contributed by atoms with Gasteiger partial charge in [0, 0.05) is 25.9 Å². The number of rotatable bonds is 5. The van der Waals surface area contributed by atoms with Crippen LogP contribution in [0.3, 0.4) is 0 Å². The highest BCUT2D eigenvalue weighted by Gasteiger charge is 2.04. The van der Waals surface area contributed by atoms with Crippen molar-refractivity contribution >= 4 is 0 Å². The largest absolute Gasteiger partial charge is 0.393 e. The third-order valence-electron chi connectivity index (χ3n) is 2.06. The van der Waals surface area contributed by atoms with Gasteiger partial charge in [-0.3, -0.25) is 0 Å². The molecule has 1 N–H and O–H groups in total. The lowest BCUT2D eigenvalue weighted by Crippen LogP contribution is -2.08. The van der Waals surface area contributed by atoms with E-state index in [1.165, 1.54) is 0 Å². The van der Waals surface area contributed by atoms with Crippen LogP contribution in [-0.4, -0.2) is 20.8 Å². The van der Waals surface area contributed by atoms with Crippen LogP contribution in [0.25, 0.3) is 0 Å². The van der Waals surface area contributed by atoms with Gasteiger partial charge in [0.1, 0.15) is 5.82 Å². The summed E-state index contributed by atoms with van der Waals surface area (Å²) >= 11 is 0. The van der Waals surface area contributed by atoms with Crippen LogP contribution in [0.15, 0.2) is 25.0 Å². The van der Waals surface area contributed by atoms with Crippen LogP contribution >= 0.6 is 0 Å². The van der Waals surface area contributed by atoms with E-state index in [2.05, 4.69) is 11.6 Å². The van der Waals surface area contributed by atoms with E-state index < -0.39 is 0 Å². The molecule has 0 fully saturated rings. The molecule has 1 aromatic rings. The van der Waals surface area contributed by atoms with E-state index >= 15 is 0 Å². The van der Waals surface area contributed by atoms with Crippen molar-refractivity contribution in [3.63, 3.8) is 0 Å². The fraction of sp³-hybridized carbons (Fsp3) is 0.500. The van der Waals surface area contributed by atoms with E-state index in [9.17, 15) is 5.11 Å². The van der Waals surface area contributed by atoms with Gasteiger partial charge in [0.25, 0.3) is 0 Å². The number of hydrogen-bond donors (Lipinski definition) is 1. The third kappa shape index (κ3) is 3.03. The molecule has 0 aromatic carbocycles. The molecular weight excluding hydrogens is 164 g/mol. The van der Waals surface area contributed by atoms with E-state index in [-0.39, 0.29) is 6.10 Å². The molecule has 0 saturated heterocycles. The Bertz CT molecular complexity index is 268. The minimum atomic E-state index is -0.283. The molecule has 0 aliphatic heterocycles. The van der Waals surface area contributed by atoms with Gasteiger partial charge in [0.15, 0.2) is 0 Å². The maximum Gasteiger partial charge on any atom is 0.108 e. The lowest BCUT2D eigenvalue weighted by atomic mass is 10.1. The van der Waals surface area contributed by atoms with Gasteiger partial charge in [-0.2, -0.15) is 0 Å². The van der Waals surface area contributed by atoms with Gasteiger partial charge in [-0.1, -0.05) is 6.08 Å². The summed E-state index contributed by atoms with van der Waals surface area (Å²) in [6.45, 7) is 3.58. The minimum Gasteiger partial charge on any atom is -0.393 e. The number of aromatic nitrogens is 2. The Morgan fingerprint density at radius 2 is 2.54 bits per heavy atom. The van der Waals surface area contributed by atoms with Crippen LogP contribution in [-0.2, 0) is 13.5 Å². The molecule has 13 heavy (non-hydrogen) atoms. The summed E-state index contributed by atoms with van der Waals surface area (Å²) in [6, 6.07) is 0. The number of nitrogens with zero attached hydrogens (tertiary/aromatic N) is 2. The Kier molecular flexibility index (Phi) is 3.71. The van der Waals surface area contributed by atoms with E-state index in [0.29, 0.717) is 6.42 Å². The molecule has 0 radical (unpaired) electrons. The molecule has 0 saturated carbocycles. The van der Waals surface area contributed by atoms with Gasteiger partial charge >= 0.3 is 0 Å². The molecule has 0 aliphatic carbocycles. The quantitative estimate of drug-likeness (QED) is 0.693. The van der Waals surface area contributed by atoms with Crippen molar-refractivity contribution in [2.45, 2.75) is 25.4 Å². The zero-order valence-electron chi connectivity index (χ0n) is 7.98. The molecular formula is C10H16N2O. The molecule has 0 bridgehead atoms. The van der Waals surface area contributed by atoms with E-state index in [1.807, 2.05) is 17.8 Å². The average molecular weight is 180 g/mol. The lowest BCUT2D eigenvalue weighted by molar-refractivity contribution is 0.167. The summed E-state index contributed by atoms with van der Waals surface area (Å²) in [7, 11) is 1.96. The molecule has 0 aliphatic rings. The van der Waals surface area contributed by atoms with Crippen LogP contribution in [0, 0.1) is 0 Å². The van der Waals surface area contributed by atoms with Crippen LogP contribution in [0.5, 0.6) is 0 Å². The third-order valence-corrected chi connectivity index (χ3v) is 2.06. The molecule has 3 nitrogen and oxygen atoms in total. The standard InChI is InChI=1S/C10H16N2O/c1-3-4-9(13)5-6-10-11-7-8-12(10)2/h3,7-9,13H,1,4-6H2,2H3. The van der Waals surface area contributed by atoms with Crippen molar-refractivity contribution in [3.8, 4) is 0 Å². The van der Waals surface area contributed by atoms with Crippen LogP contribution in [0.1, 0.15) is 18.7 Å². The predicted molar refractivity (Wildman–Crippen MR) is 52.3 cm³/mol. The van der Waals surface area contributed by atoms with Crippen LogP contribution in [0.2, 0.25) is 0 Å². The van der Waals surface area contributed by atoms with E-state index in [1.54, 1.807) is 12.3 Å². The van der Waals surface area contributed by atoms with Crippen LogP contribution < -0.4 is 0 Å². The maximum atomic E-state index is 9.43. The first-order valence-electron chi connectivity index (χ1n) is 4.49. The summed E-state index contributed by atoms with van der Waals surface area (Å²) in [5, 5.41) is 9.43. The minimum absolute atomic E-state index is 0.283. The van der Waals surface area contributed by atoms with Gasteiger partial charge in [-0.05, 0) is 12.8 Å². The van der Waals surface area contributed by atoms with Gasteiger partial charge < -0.3 is 9.67 Å². The van der Waals surface area contributed by atoms with Gasteiger partial charge in [-0.15, -0.1) is 6.58 Å². The first-order chi connectivity index (χ1) is 6.24. The molecule has 1 atom stereocenters. The summed E-state index contributed by atoms with van der Waals surface area (Å²) in [4.78, 5) is 4.17. The Hall–Kier alpha value is -1.09. The monoisotopic (exact) mass is 180 g/mol. The molecule has 1 rings (SSSR count). The second-order valence-corrected chi connectivity index (χ2v) is 3.17. The second kappa shape index (κ2) is 4.82. The lowest BCUT2D eigenvalue weighted by Gasteiger charge is -2.06. The van der Waals surface area contributed by atoms with Crippen molar-refractivity contribution in [2.24, 2.45) is 7.05 Å². The second-order valence-electron chi connectivity index (χ2n) is 3.17. The Morgan fingerprint density at radius 3 is 3.08 bits per heavy atom. The molecule has 3 heteroatoms. The maximum absolute atomic E-state index is 9.43. The first kappa shape index (κ1) is 9.99. The van der Waals surface area contributed by atoms with Crippen molar-refractivity contribution in [1.29, 1.82) is 0 Å². The summed E-state index contributed by atoms with van der Waals surface area (Å²) in [5.41, 5.74) is 0. The van der Waals surface area contributed by atoms with Crippen molar-refractivity contribution < 1.29 is 5.11 Å². The van der Waals surface area contributed by atoms with Crippen LogP contribution in [0.4, 0.5) is 0 Å². The summed E-state index contributed by atoms with van der Waals surface area (Å²) in [6.07, 6.45) is 7.36. The fourth-order valence-corrected chi connectivity index (χ4v) is 1.24. The van der Waals surface area contributed by atoms with Crippen molar-refractivity contribution in [2.75, 3.05) is 0 Å². The summed E-state index contributed by atoms with van der Waals surface area (Å²) < 4.78 is 1.97. The van der Waals surface area contributed by atoms with Gasteiger partial charge in [-0.25, -0.2) is 4.98 Å². The normalized spacial score (nSPS) is 12.8. The highest BCUT2D eigenvalue weighted by atomic mass is 16.3. The zero-order chi connectivity index (χ0) is 9.68. The topological polar surface area (TPSA) is 38.1 Å². The average Bonchev–Trinajstić information content (AvgIpc) is 2.48.